The van der Waals surface area contributed by atoms with E-state index in [2.05, 4.69) is 20.4 Å². The zero-order valence-corrected chi connectivity index (χ0v) is 19.3. The third-order valence-electron chi connectivity index (χ3n) is 5.43. The van der Waals surface area contributed by atoms with Crippen LogP contribution in [-0.4, -0.2) is 60.9 Å². The molecule has 0 spiro atoms. The summed E-state index contributed by atoms with van der Waals surface area (Å²) in [5, 5.41) is 5.02. The summed E-state index contributed by atoms with van der Waals surface area (Å²) in [6.07, 6.45) is -3.67. The average Bonchev–Trinajstić information content (AvgIpc) is 2.86. The molecule has 2 aromatic carbocycles. The number of hydrogen-bond acceptors (Lipinski definition) is 6. The molecule has 0 radical (unpaired) electrons. The van der Waals surface area contributed by atoms with Gasteiger partial charge in [-0.15, -0.1) is 13.2 Å². The van der Waals surface area contributed by atoms with Crippen molar-refractivity contribution in [3.8, 4) is 16.9 Å². The van der Waals surface area contributed by atoms with E-state index in [1.54, 1.807) is 41.3 Å². The van der Waals surface area contributed by atoms with E-state index in [4.69, 9.17) is 4.74 Å². The molecule has 8 nitrogen and oxygen atoms in total. The largest absolute Gasteiger partial charge is 0.573 e. The molecule has 1 aliphatic rings. The topological polar surface area (TPSA) is 92.8 Å². The van der Waals surface area contributed by atoms with Crippen LogP contribution >= 0.6 is 0 Å². The van der Waals surface area contributed by atoms with E-state index in [0.29, 0.717) is 37.6 Å². The minimum absolute atomic E-state index is 0.0152. The van der Waals surface area contributed by atoms with E-state index in [-0.39, 0.29) is 23.4 Å². The van der Waals surface area contributed by atoms with Crippen LogP contribution in [0, 0.1) is 5.95 Å². The summed E-state index contributed by atoms with van der Waals surface area (Å²) in [4.78, 5) is 30.7. The minimum Gasteiger partial charge on any atom is -0.404 e. The summed E-state index contributed by atoms with van der Waals surface area (Å²) in [6.45, 7) is 1.85. The lowest BCUT2D eigenvalue weighted by molar-refractivity contribution is -0.274. The number of carbonyl (C=O) groups excluding carboxylic acids is 2. The molecule has 1 aromatic heterocycles. The molecule has 0 unspecified atom stereocenters. The quantitative estimate of drug-likeness (QED) is 0.358. The standard InChI is InChI=1S/C25H22F4N4O4/c26-23-19(2-1-9-30-23)16-3-6-18(7-4-16)31-24(35)17-5-8-21(37-25(27,28)29)20(14-17)32-22(34)15-33-10-12-36-13-11-33/h1-9,14H,10-13,15H2,(H,31,35)(H,32,34). The smallest absolute Gasteiger partial charge is 0.404 e. The average molecular weight is 518 g/mol. The Labute approximate surface area is 209 Å². The zero-order chi connectivity index (χ0) is 26.4. The molecule has 0 atom stereocenters. The number of nitrogens with one attached hydrogen (secondary N) is 2. The molecule has 3 aromatic rings. The van der Waals surface area contributed by atoms with E-state index < -0.39 is 29.9 Å². The van der Waals surface area contributed by atoms with Gasteiger partial charge < -0.3 is 20.1 Å². The van der Waals surface area contributed by atoms with Gasteiger partial charge in [-0.25, -0.2) is 4.98 Å². The Bertz CT molecular complexity index is 1260. The number of nitrogens with zero attached hydrogens (tertiary/aromatic N) is 2. The maximum atomic E-state index is 13.9. The monoisotopic (exact) mass is 518 g/mol. The van der Waals surface area contributed by atoms with Crippen LogP contribution in [0.15, 0.2) is 60.8 Å². The lowest BCUT2D eigenvalue weighted by Gasteiger charge is -2.26. The van der Waals surface area contributed by atoms with Crippen molar-refractivity contribution < 1.29 is 36.6 Å². The molecule has 2 heterocycles. The third-order valence-corrected chi connectivity index (χ3v) is 5.43. The number of benzene rings is 2. The molecule has 1 saturated heterocycles. The normalized spacial score (nSPS) is 14.2. The van der Waals surface area contributed by atoms with Gasteiger partial charge in [0.25, 0.3) is 5.91 Å². The summed E-state index contributed by atoms with van der Waals surface area (Å²) in [5.74, 6) is -2.49. The number of pyridine rings is 1. The van der Waals surface area contributed by atoms with Gasteiger partial charge >= 0.3 is 6.36 Å². The number of rotatable bonds is 7. The van der Waals surface area contributed by atoms with Crippen molar-refractivity contribution in [1.82, 2.24) is 9.88 Å². The molecular weight excluding hydrogens is 496 g/mol. The Morgan fingerprint density at radius 2 is 1.76 bits per heavy atom. The Hall–Kier alpha value is -4.03. The number of amides is 2. The van der Waals surface area contributed by atoms with Crippen LogP contribution in [-0.2, 0) is 9.53 Å². The van der Waals surface area contributed by atoms with Crippen LogP contribution in [0.1, 0.15) is 10.4 Å². The van der Waals surface area contributed by atoms with Gasteiger partial charge in [-0.1, -0.05) is 12.1 Å². The number of halogens is 4. The summed E-state index contributed by atoms with van der Waals surface area (Å²) >= 11 is 0. The number of ether oxygens (including phenoxy) is 2. The number of anilines is 2. The number of carbonyl (C=O) groups is 2. The first-order chi connectivity index (χ1) is 17.7. The van der Waals surface area contributed by atoms with E-state index in [9.17, 15) is 27.2 Å². The van der Waals surface area contributed by atoms with E-state index in [1.807, 2.05) is 0 Å². The van der Waals surface area contributed by atoms with Gasteiger partial charge in [-0.05, 0) is 48.0 Å². The molecule has 4 rings (SSSR count). The number of hydrogen-bond donors (Lipinski definition) is 2. The Kier molecular flexibility index (Phi) is 7.99. The highest BCUT2D eigenvalue weighted by atomic mass is 19.4. The second kappa shape index (κ2) is 11.4. The van der Waals surface area contributed by atoms with Gasteiger partial charge in [0.2, 0.25) is 11.9 Å². The SMILES string of the molecule is O=C(CN1CCOCC1)Nc1cc(C(=O)Nc2ccc(-c3cccnc3F)cc2)ccc1OC(F)(F)F. The molecule has 37 heavy (non-hydrogen) atoms. The van der Waals surface area contributed by atoms with Gasteiger partial charge in [0.15, 0.2) is 5.75 Å². The van der Waals surface area contributed by atoms with Crippen molar-refractivity contribution in [2.75, 3.05) is 43.5 Å². The Morgan fingerprint density at radius 1 is 1.03 bits per heavy atom. The summed E-state index contributed by atoms with van der Waals surface area (Å²) < 4.78 is 61.8. The fourth-order valence-corrected chi connectivity index (χ4v) is 3.67. The van der Waals surface area contributed by atoms with Crippen molar-refractivity contribution in [2.24, 2.45) is 0 Å². The molecule has 2 N–H and O–H groups in total. The fourth-order valence-electron chi connectivity index (χ4n) is 3.67. The molecule has 0 saturated carbocycles. The molecule has 12 heteroatoms. The third kappa shape index (κ3) is 7.24. The van der Waals surface area contributed by atoms with Gasteiger partial charge in [0.1, 0.15) is 0 Å². The maximum Gasteiger partial charge on any atom is 0.573 e. The van der Waals surface area contributed by atoms with Gasteiger partial charge in [-0.3, -0.25) is 14.5 Å². The van der Waals surface area contributed by atoms with Crippen molar-refractivity contribution in [2.45, 2.75) is 6.36 Å². The van der Waals surface area contributed by atoms with Crippen LogP contribution in [0.5, 0.6) is 5.75 Å². The molecule has 1 fully saturated rings. The number of aromatic nitrogens is 1. The van der Waals surface area contributed by atoms with Crippen LogP contribution in [0.25, 0.3) is 11.1 Å². The molecule has 2 amide bonds. The lowest BCUT2D eigenvalue weighted by atomic mass is 10.1. The summed E-state index contributed by atoms with van der Waals surface area (Å²) in [5.41, 5.74) is 0.886. The molecule has 0 bridgehead atoms. The molecular formula is C25H22F4N4O4. The highest BCUT2D eigenvalue weighted by Gasteiger charge is 2.32. The van der Waals surface area contributed by atoms with Crippen molar-refractivity contribution in [1.29, 1.82) is 0 Å². The van der Waals surface area contributed by atoms with E-state index in [0.717, 1.165) is 18.2 Å². The Balaban J connectivity index is 1.49. The number of morpholine rings is 1. The summed E-state index contributed by atoms with van der Waals surface area (Å²) in [6, 6.07) is 12.6. The van der Waals surface area contributed by atoms with Crippen molar-refractivity contribution in [3.63, 3.8) is 0 Å². The first kappa shape index (κ1) is 26.0. The second-order valence-electron chi connectivity index (χ2n) is 8.07. The maximum absolute atomic E-state index is 13.9. The van der Waals surface area contributed by atoms with Gasteiger partial charge in [0.05, 0.1) is 25.4 Å². The Morgan fingerprint density at radius 3 is 2.43 bits per heavy atom. The highest BCUT2D eigenvalue weighted by molar-refractivity contribution is 6.06. The van der Waals surface area contributed by atoms with Crippen molar-refractivity contribution >= 4 is 23.2 Å². The fraction of sp³-hybridized carbons (Fsp3) is 0.240. The molecule has 0 aliphatic carbocycles. The first-order valence-corrected chi connectivity index (χ1v) is 11.2. The number of alkyl halides is 3. The van der Waals surface area contributed by atoms with Crippen LogP contribution in [0.3, 0.4) is 0 Å². The minimum atomic E-state index is -5.00. The second-order valence-corrected chi connectivity index (χ2v) is 8.07. The van der Waals surface area contributed by atoms with Crippen LogP contribution in [0.2, 0.25) is 0 Å². The van der Waals surface area contributed by atoms with Gasteiger partial charge in [-0.2, -0.15) is 4.39 Å². The summed E-state index contributed by atoms with van der Waals surface area (Å²) in [7, 11) is 0. The predicted octanol–water partition coefficient (Wildman–Crippen LogP) is 4.31. The van der Waals surface area contributed by atoms with Crippen molar-refractivity contribution in [3.05, 3.63) is 72.3 Å². The van der Waals surface area contributed by atoms with Crippen LogP contribution in [0.4, 0.5) is 28.9 Å². The van der Waals surface area contributed by atoms with Crippen LogP contribution < -0.4 is 15.4 Å². The van der Waals surface area contributed by atoms with E-state index in [1.165, 1.54) is 6.20 Å². The lowest BCUT2D eigenvalue weighted by Crippen LogP contribution is -2.41. The van der Waals surface area contributed by atoms with E-state index >= 15 is 0 Å². The first-order valence-electron chi connectivity index (χ1n) is 11.2. The highest BCUT2D eigenvalue weighted by Crippen LogP contribution is 2.32. The van der Waals surface area contributed by atoms with Gasteiger partial charge in [0, 0.05) is 36.1 Å². The zero-order valence-electron chi connectivity index (χ0n) is 19.3. The molecule has 194 valence electrons. The molecule has 1 aliphatic heterocycles. The predicted molar refractivity (Wildman–Crippen MR) is 127 cm³/mol.